The fourth-order valence-electron chi connectivity index (χ4n) is 6.40. The summed E-state index contributed by atoms with van der Waals surface area (Å²) in [6, 6.07) is 13.1. The van der Waals surface area contributed by atoms with Gasteiger partial charge < -0.3 is 0 Å². The molecule has 0 N–H and O–H groups in total. The highest BCUT2D eigenvalue weighted by molar-refractivity contribution is 5.66. The van der Waals surface area contributed by atoms with E-state index in [4.69, 9.17) is 0 Å². The Hall–Kier alpha value is -2.15. The average Bonchev–Trinajstić information content (AvgIpc) is 3.74. The molecular formula is C38H55F. The Morgan fingerprint density at radius 3 is 2.10 bits per heavy atom. The van der Waals surface area contributed by atoms with Crippen LogP contribution in [0.5, 0.6) is 0 Å². The van der Waals surface area contributed by atoms with Gasteiger partial charge in [-0.1, -0.05) is 120 Å². The van der Waals surface area contributed by atoms with E-state index in [1.165, 1.54) is 73.6 Å². The van der Waals surface area contributed by atoms with Gasteiger partial charge in [0.2, 0.25) is 0 Å². The molecular weight excluding hydrogens is 475 g/mol. The molecule has 0 amide bonds. The number of allylic oxidation sites excluding steroid dienone is 4. The van der Waals surface area contributed by atoms with Crippen LogP contribution in [0.4, 0.5) is 4.39 Å². The molecule has 2 aromatic carbocycles. The van der Waals surface area contributed by atoms with Crippen LogP contribution < -0.4 is 0 Å². The van der Waals surface area contributed by atoms with E-state index in [0.29, 0.717) is 17.8 Å². The molecule has 0 spiro atoms. The summed E-state index contributed by atoms with van der Waals surface area (Å²) >= 11 is 0. The molecule has 0 aromatic heterocycles. The molecule has 0 saturated heterocycles. The Kier molecular flexibility index (Phi) is 11.6. The van der Waals surface area contributed by atoms with E-state index in [9.17, 15) is 0 Å². The van der Waals surface area contributed by atoms with E-state index in [1.54, 1.807) is 6.07 Å². The van der Waals surface area contributed by atoms with Crippen molar-refractivity contribution in [1.82, 2.24) is 0 Å². The number of hydrogen-bond donors (Lipinski definition) is 0. The minimum atomic E-state index is -0.0625. The summed E-state index contributed by atoms with van der Waals surface area (Å²) in [5.41, 5.74) is 10.6. The third kappa shape index (κ3) is 7.74. The summed E-state index contributed by atoms with van der Waals surface area (Å²) < 4.78 is 15.5. The standard InChI is InChI=1S/C38H55F/c1-9-13-16-27(5)29(7)30(8)32(15-11-3)24-28(6)36-25-33(26-37(39)35(36)12-4)31-17-19-34(20-18-31)38(22-23-38)21-14-10-2/h17-20,24-26,28,30H,9-16,21-23H2,1-8H3/b29-27-,32-24-. The zero-order valence-electron chi connectivity index (χ0n) is 26.4. The number of rotatable bonds is 15. The Balaban J connectivity index is 1.94. The molecule has 1 saturated carbocycles. The summed E-state index contributed by atoms with van der Waals surface area (Å²) in [6.45, 7) is 18.1. The molecule has 1 aliphatic rings. The van der Waals surface area contributed by atoms with Gasteiger partial charge in [-0.25, -0.2) is 4.39 Å². The summed E-state index contributed by atoms with van der Waals surface area (Å²) in [5.74, 6) is 0.537. The summed E-state index contributed by atoms with van der Waals surface area (Å²) in [5, 5.41) is 0. The van der Waals surface area contributed by atoms with Gasteiger partial charge in [-0.2, -0.15) is 0 Å². The molecule has 214 valence electrons. The molecule has 0 bridgehead atoms. The fraction of sp³-hybridized carbons (Fsp3) is 0.579. The molecule has 2 atom stereocenters. The smallest absolute Gasteiger partial charge is 0.127 e. The van der Waals surface area contributed by atoms with Gasteiger partial charge in [0, 0.05) is 0 Å². The molecule has 0 radical (unpaired) electrons. The molecule has 1 aliphatic carbocycles. The Labute approximate surface area is 240 Å². The number of unbranched alkanes of at least 4 members (excludes halogenated alkanes) is 2. The fourth-order valence-corrected chi connectivity index (χ4v) is 6.40. The van der Waals surface area contributed by atoms with Gasteiger partial charge >= 0.3 is 0 Å². The zero-order chi connectivity index (χ0) is 28.6. The van der Waals surface area contributed by atoms with Crippen LogP contribution >= 0.6 is 0 Å². The SMILES string of the molecule is CCCC/C(C)=C(/C)C(C)/C(=C\C(C)c1cc(-c2ccc(C3(CCCC)CC3)cc2)cc(F)c1CC)CCC. The van der Waals surface area contributed by atoms with Crippen molar-refractivity contribution in [2.45, 2.75) is 137 Å². The monoisotopic (exact) mass is 530 g/mol. The maximum Gasteiger partial charge on any atom is 0.127 e. The van der Waals surface area contributed by atoms with Gasteiger partial charge in [-0.05, 0) is 110 Å². The molecule has 1 heteroatoms. The molecule has 1 fully saturated rings. The Morgan fingerprint density at radius 1 is 0.872 bits per heavy atom. The van der Waals surface area contributed by atoms with E-state index in [-0.39, 0.29) is 11.7 Å². The minimum absolute atomic E-state index is 0.0625. The highest BCUT2D eigenvalue weighted by Crippen LogP contribution is 2.52. The Bertz CT molecular complexity index is 1130. The molecule has 0 aliphatic heterocycles. The number of halogens is 1. The summed E-state index contributed by atoms with van der Waals surface area (Å²) in [6.07, 6.45) is 15.5. The van der Waals surface area contributed by atoms with Crippen molar-refractivity contribution in [2.24, 2.45) is 5.92 Å². The van der Waals surface area contributed by atoms with Crippen LogP contribution in [0.15, 0.2) is 59.2 Å². The maximum absolute atomic E-state index is 15.5. The second kappa shape index (κ2) is 14.5. The van der Waals surface area contributed by atoms with Crippen LogP contribution in [0.25, 0.3) is 11.1 Å². The van der Waals surface area contributed by atoms with Crippen LogP contribution in [0.1, 0.15) is 142 Å². The van der Waals surface area contributed by atoms with Crippen molar-refractivity contribution in [1.29, 1.82) is 0 Å². The van der Waals surface area contributed by atoms with Crippen molar-refractivity contribution in [2.75, 3.05) is 0 Å². The van der Waals surface area contributed by atoms with Crippen LogP contribution in [0.3, 0.4) is 0 Å². The van der Waals surface area contributed by atoms with Crippen LogP contribution in [0, 0.1) is 11.7 Å². The van der Waals surface area contributed by atoms with Crippen LogP contribution in [-0.4, -0.2) is 0 Å². The molecule has 0 heterocycles. The average molecular weight is 531 g/mol. The Morgan fingerprint density at radius 2 is 1.54 bits per heavy atom. The van der Waals surface area contributed by atoms with Gasteiger partial charge in [0.05, 0.1) is 0 Å². The van der Waals surface area contributed by atoms with Crippen molar-refractivity contribution in [3.05, 3.63) is 81.7 Å². The van der Waals surface area contributed by atoms with Gasteiger partial charge in [-0.3, -0.25) is 0 Å². The minimum Gasteiger partial charge on any atom is -0.207 e. The van der Waals surface area contributed by atoms with Gasteiger partial charge in [-0.15, -0.1) is 0 Å². The number of hydrogen-bond acceptors (Lipinski definition) is 0. The molecule has 2 aromatic rings. The van der Waals surface area contributed by atoms with Gasteiger partial charge in [0.25, 0.3) is 0 Å². The normalized spacial score (nSPS) is 17.1. The largest absolute Gasteiger partial charge is 0.207 e. The first-order chi connectivity index (χ1) is 18.7. The lowest BCUT2D eigenvalue weighted by Gasteiger charge is -2.23. The third-order valence-corrected chi connectivity index (χ3v) is 9.55. The maximum atomic E-state index is 15.5. The van der Waals surface area contributed by atoms with Crippen molar-refractivity contribution >= 4 is 0 Å². The lowest BCUT2D eigenvalue weighted by Crippen LogP contribution is -2.07. The lowest BCUT2D eigenvalue weighted by molar-refractivity contribution is 0.575. The van der Waals surface area contributed by atoms with E-state index in [1.807, 2.05) is 0 Å². The predicted molar refractivity (Wildman–Crippen MR) is 170 cm³/mol. The van der Waals surface area contributed by atoms with E-state index in [2.05, 4.69) is 91.8 Å². The third-order valence-electron chi connectivity index (χ3n) is 9.55. The first-order valence-electron chi connectivity index (χ1n) is 16.0. The molecule has 3 rings (SSSR count). The quantitative estimate of drug-likeness (QED) is 0.201. The van der Waals surface area contributed by atoms with E-state index >= 15 is 4.39 Å². The van der Waals surface area contributed by atoms with Crippen molar-refractivity contribution in [3.8, 4) is 11.1 Å². The van der Waals surface area contributed by atoms with Crippen LogP contribution in [0.2, 0.25) is 0 Å². The molecule has 2 unspecified atom stereocenters. The second-order valence-corrected chi connectivity index (χ2v) is 12.4. The summed E-state index contributed by atoms with van der Waals surface area (Å²) in [4.78, 5) is 0. The van der Waals surface area contributed by atoms with Crippen molar-refractivity contribution < 1.29 is 4.39 Å². The van der Waals surface area contributed by atoms with E-state index < -0.39 is 0 Å². The second-order valence-electron chi connectivity index (χ2n) is 12.4. The number of benzene rings is 2. The van der Waals surface area contributed by atoms with Gasteiger partial charge in [0.1, 0.15) is 5.82 Å². The van der Waals surface area contributed by atoms with Gasteiger partial charge in [0.15, 0.2) is 0 Å². The first kappa shape index (κ1) is 31.4. The molecule has 0 nitrogen and oxygen atoms in total. The van der Waals surface area contributed by atoms with E-state index in [0.717, 1.165) is 35.1 Å². The summed E-state index contributed by atoms with van der Waals surface area (Å²) in [7, 11) is 0. The molecule has 39 heavy (non-hydrogen) atoms. The van der Waals surface area contributed by atoms with Crippen molar-refractivity contribution in [3.63, 3.8) is 0 Å². The topological polar surface area (TPSA) is 0 Å². The zero-order valence-corrected chi connectivity index (χ0v) is 26.4. The highest BCUT2D eigenvalue weighted by atomic mass is 19.1. The first-order valence-corrected chi connectivity index (χ1v) is 16.0. The highest BCUT2D eigenvalue weighted by Gasteiger charge is 2.43. The predicted octanol–water partition coefficient (Wildman–Crippen LogP) is 12.3. The lowest BCUT2D eigenvalue weighted by atomic mass is 9.83. The van der Waals surface area contributed by atoms with Crippen LogP contribution in [-0.2, 0) is 11.8 Å².